The number of benzene rings is 1. The molecule has 2 aromatic rings. The Kier molecular flexibility index (Phi) is 3.82. The molecule has 21 heavy (non-hydrogen) atoms. The predicted octanol–water partition coefficient (Wildman–Crippen LogP) is 2.86. The number of esters is 1. The fourth-order valence-electron chi connectivity index (χ4n) is 2.62. The summed E-state index contributed by atoms with van der Waals surface area (Å²) in [4.78, 5) is 24.4. The van der Waals surface area contributed by atoms with Crippen LogP contribution in [0.25, 0.3) is 0 Å². The Balaban J connectivity index is 1.83. The molecule has 108 valence electrons. The summed E-state index contributed by atoms with van der Waals surface area (Å²) in [6, 6.07) is 11.0. The van der Waals surface area contributed by atoms with Gasteiger partial charge in [0.05, 0.1) is 3.79 Å². The minimum atomic E-state index is -0.575. The van der Waals surface area contributed by atoms with Crippen LogP contribution in [0, 0.1) is 0 Å². The van der Waals surface area contributed by atoms with E-state index in [1.54, 1.807) is 12.1 Å². The highest BCUT2D eigenvalue weighted by Crippen LogP contribution is 2.35. The van der Waals surface area contributed by atoms with E-state index in [0.29, 0.717) is 11.3 Å². The van der Waals surface area contributed by atoms with Crippen LogP contribution in [0.15, 0.2) is 40.2 Å². The molecule has 3 rings (SSSR count). The zero-order valence-corrected chi connectivity index (χ0v) is 13.3. The third kappa shape index (κ3) is 2.73. The maximum atomic E-state index is 12.1. The third-order valence-corrected chi connectivity index (χ3v) is 5.13. The summed E-state index contributed by atoms with van der Waals surface area (Å²) in [7, 11) is 0. The lowest BCUT2D eigenvalue weighted by atomic mass is 9.99. The average molecular weight is 366 g/mol. The van der Waals surface area contributed by atoms with Crippen molar-refractivity contribution in [3.05, 3.63) is 56.2 Å². The number of primary amides is 1. The number of hydrogen-bond acceptors (Lipinski definition) is 4. The Hall–Kier alpha value is -1.66. The van der Waals surface area contributed by atoms with Crippen molar-refractivity contribution in [2.45, 2.75) is 18.4 Å². The summed E-state index contributed by atoms with van der Waals surface area (Å²) < 4.78 is 6.37. The largest absolute Gasteiger partial charge is 0.457 e. The summed E-state index contributed by atoms with van der Waals surface area (Å²) in [5, 5.41) is 0. The van der Waals surface area contributed by atoms with E-state index < -0.39 is 23.9 Å². The molecule has 1 amide bonds. The number of fused-ring (bicyclic) bond motifs is 1. The number of ether oxygens (including phenoxy) is 1. The van der Waals surface area contributed by atoms with Crippen molar-refractivity contribution in [1.29, 1.82) is 0 Å². The number of amides is 1. The van der Waals surface area contributed by atoms with Crippen molar-refractivity contribution in [2.75, 3.05) is 0 Å². The van der Waals surface area contributed by atoms with Crippen LogP contribution in [0.2, 0.25) is 0 Å². The fraction of sp³-hybridized carbons (Fsp3) is 0.200. The van der Waals surface area contributed by atoms with E-state index >= 15 is 0 Å². The van der Waals surface area contributed by atoms with Crippen molar-refractivity contribution in [3.63, 3.8) is 0 Å². The first-order valence-corrected chi connectivity index (χ1v) is 8.00. The molecule has 0 aliphatic heterocycles. The Morgan fingerprint density at radius 1 is 1.24 bits per heavy atom. The summed E-state index contributed by atoms with van der Waals surface area (Å²) >= 11 is 4.61. The highest BCUT2D eigenvalue weighted by atomic mass is 79.9. The SMILES string of the molecule is NC(=O)C1c2ccccc2CC1OC(=O)c1ccc(Br)s1. The van der Waals surface area contributed by atoms with Crippen LogP contribution in [0.4, 0.5) is 0 Å². The van der Waals surface area contributed by atoms with Gasteiger partial charge in [0.25, 0.3) is 0 Å². The zero-order valence-electron chi connectivity index (χ0n) is 10.9. The van der Waals surface area contributed by atoms with Gasteiger partial charge in [0, 0.05) is 6.42 Å². The maximum Gasteiger partial charge on any atom is 0.348 e. The van der Waals surface area contributed by atoms with Gasteiger partial charge in [0.1, 0.15) is 16.9 Å². The second kappa shape index (κ2) is 5.61. The normalized spacial score (nSPS) is 20.0. The molecule has 4 nitrogen and oxygen atoms in total. The lowest BCUT2D eigenvalue weighted by Gasteiger charge is -2.17. The van der Waals surface area contributed by atoms with Crippen LogP contribution in [-0.4, -0.2) is 18.0 Å². The number of carbonyl (C=O) groups excluding carboxylic acids is 2. The lowest BCUT2D eigenvalue weighted by molar-refractivity contribution is -0.121. The highest BCUT2D eigenvalue weighted by molar-refractivity contribution is 9.11. The molecule has 2 N–H and O–H groups in total. The second-order valence-electron chi connectivity index (χ2n) is 4.83. The van der Waals surface area contributed by atoms with Crippen LogP contribution in [0.1, 0.15) is 26.7 Å². The molecule has 1 aliphatic rings. The van der Waals surface area contributed by atoms with Gasteiger partial charge in [-0.1, -0.05) is 24.3 Å². The summed E-state index contributed by atoms with van der Waals surface area (Å²) in [6.07, 6.45) is -0.0181. The van der Waals surface area contributed by atoms with Crippen LogP contribution >= 0.6 is 27.3 Å². The van der Waals surface area contributed by atoms with E-state index in [0.717, 1.165) is 14.9 Å². The first kappa shape index (κ1) is 14.3. The Morgan fingerprint density at radius 3 is 2.67 bits per heavy atom. The van der Waals surface area contributed by atoms with E-state index in [1.165, 1.54) is 11.3 Å². The summed E-state index contributed by atoms with van der Waals surface area (Å²) in [5.41, 5.74) is 7.35. The van der Waals surface area contributed by atoms with E-state index in [-0.39, 0.29) is 0 Å². The van der Waals surface area contributed by atoms with Crippen molar-refractivity contribution < 1.29 is 14.3 Å². The summed E-state index contributed by atoms with van der Waals surface area (Å²) in [5.74, 6) is -1.46. The van der Waals surface area contributed by atoms with Crippen LogP contribution in [-0.2, 0) is 16.0 Å². The molecular formula is C15H12BrNO3S. The van der Waals surface area contributed by atoms with Crippen molar-refractivity contribution in [3.8, 4) is 0 Å². The zero-order chi connectivity index (χ0) is 15.0. The quantitative estimate of drug-likeness (QED) is 0.850. The number of thiophene rings is 1. The van der Waals surface area contributed by atoms with Crippen molar-refractivity contribution >= 4 is 39.1 Å². The molecule has 0 saturated heterocycles. The van der Waals surface area contributed by atoms with Gasteiger partial charge in [-0.2, -0.15) is 0 Å². The Labute approximate surface area is 134 Å². The third-order valence-electron chi connectivity index (χ3n) is 3.52. The molecule has 2 unspecified atom stereocenters. The van der Waals surface area contributed by atoms with Gasteiger partial charge in [-0.25, -0.2) is 4.79 Å². The lowest BCUT2D eigenvalue weighted by Crippen LogP contribution is -2.32. The second-order valence-corrected chi connectivity index (χ2v) is 7.29. The van der Waals surface area contributed by atoms with E-state index in [2.05, 4.69) is 15.9 Å². The van der Waals surface area contributed by atoms with Gasteiger partial charge in [-0.3, -0.25) is 4.79 Å². The standard InChI is InChI=1S/C15H12BrNO3S/c16-12-6-5-11(21-12)15(19)20-10-7-8-3-1-2-4-9(8)13(10)14(17)18/h1-6,10,13H,7H2,(H2,17,18). The van der Waals surface area contributed by atoms with Crippen LogP contribution in [0.5, 0.6) is 0 Å². The molecule has 0 radical (unpaired) electrons. The minimum absolute atomic E-state index is 0.422. The van der Waals surface area contributed by atoms with Gasteiger partial charge >= 0.3 is 5.97 Å². The smallest absolute Gasteiger partial charge is 0.348 e. The Bertz CT molecular complexity index is 712. The van der Waals surface area contributed by atoms with Gasteiger partial charge < -0.3 is 10.5 Å². The number of hydrogen-bond donors (Lipinski definition) is 1. The van der Waals surface area contributed by atoms with Gasteiger partial charge in [-0.15, -0.1) is 11.3 Å². The molecule has 0 fully saturated rings. The minimum Gasteiger partial charge on any atom is -0.457 e. The van der Waals surface area contributed by atoms with Crippen LogP contribution in [0.3, 0.4) is 0 Å². The molecule has 1 aliphatic carbocycles. The van der Waals surface area contributed by atoms with E-state index in [9.17, 15) is 9.59 Å². The van der Waals surface area contributed by atoms with Gasteiger partial charge in [0.2, 0.25) is 5.91 Å². The maximum absolute atomic E-state index is 12.1. The number of carbonyl (C=O) groups is 2. The van der Waals surface area contributed by atoms with Crippen molar-refractivity contribution in [2.24, 2.45) is 5.73 Å². The molecule has 1 aromatic carbocycles. The average Bonchev–Trinajstić information content (AvgIpc) is 3.01. The first-order valence-electron chi connectivity index (χ1n) is 6.39. The molecule has 0 saturated carbocycles. The number of nitrogens with two attached hydrogens (primary N) is 1. The van der Waals surface area contributed by atoms with Gasteiger partial charge in [-0.05, 0) is 39.2 Å². The molecule has 0 bridgehead atoms. The molecule has 6 heteroatoms. The fourth-order valence-corrected chi connectivity index (χ4v) is 3.89. The highest BCUT2D eigenvalue weighted by Gasteiger charge is 2.39. The molecule has 2 atom stereocenters. The predicted molar refractivity (Wildman–Crippen MR) is 83.3 cm³/mol. The first-order chi connectivity index (χ1) is 10.1. The monoisotopic (exact) mass is 365 g/mol. The topological polar surface area (TPSA) is 69.4 Å². The Morgan fingerprint density at radius 2 is 2.00 bits per heavy atom. The number of halogens is 1. The molecule has 1 aromatic heterocycles. The molecular weight excluding hydrogens is 354 g/mol. The van der Waals surface area contributed by atoms with Gasteiger partial charge in [0.15, 0.2) is 0 Å². The van der Waals surface area contributed by atoms with Crippen molar-refractivity contribution in [1.82, 2.24) is 0 Å². The molecule has 0 spiro atoms. The van der Waals surface area contributed by atoms with Crippen LogP contribution < -0.4 is 5.73 Å². The van der Waals surface area contributed by atoms with E-state index in [4.69, 9.17) is 10.5 Å². The summed E-state index contributed by atoms with van der Waals surface area (Å²) in [6.45, 7) is 0. The number of rotatable bonds is 3. The van der Waals surface area contributed by atoms with E-state index in [1.807, 2.05) is 24.3 Å². The molecule has 1 heterocycles.